The number of nitrogen functional groups attached to an aromatic ring is 1. The summed E-state index contributed by atoms with van der Waals surface area (Å²) in [6.07, 6.45) is 4.91. The summed E-state index contributed by atoms with van der Waals surface area (Å²) in [4.78, 5) is 4.41. The molecule has 0 aliphatic rings. The number of hydrogen-bond acceptors (Lipinski definition) is 3. The molecule has 1 aromatic carbocycles. The molecule has 108 valence electrons. The molecule has 0 amide bonds. The standard InChI is InChI=1S/C16H23N3O/c1-13(2)7-11-20-12-10-19-9-8-18-16(19)14-3-5-15(17)6-4-14/h3-6,8-9,13H,7,10-12,17H2,1-2H3. The molecule has 0 aliphatic carbocycles. The zero-order valence-electron chi connectivity index (χ0n) is 12.2. The van der Waals surface area contributed by atoms with Crippen molar-refractivity contribution < 1.29 is 4.74 Å². The molecule has 0 fully saturated rings. The average Bonchev–Trinajstić information content (AvgIpc) is 2.87. The Morgan fingerprint density at radius 3 is 2.65 bits per heavy atom. The van der Waals surface area contributed by atoms with Crippen LogP contribution < -0.4 is 5.73 Å². The molecule has 2 aromatic rings. The highest BCUT2D eigenvalue weighted by Crippen LogP contribution is 2.18. The fourth-order valence-corrected chi connectivity index (χ4v) is 1.97. The van der Waals surface area contributed by atoms with Crippen LogP contribution in [-0.2, 0) is 11.3 Å². The SMILES string of the molecule is CC(C)CCOCCn1ccnc1-c1ccc(N)cc1. The van der Waals surface area contributed by atoms with Crippen LogP contribution in [0.3, 0.4) is 0 Å². The van der Waals surface area contributed by atoms with E-state index in [9.17, 15) is 0 Å². The third-order valence-electron chi connectivity index (χ3n) is 3.20. The molecule has 2 rings (SSSR count). The molecular weight excluding hydrogens is 250 g/mol. The Bertz CT molecular complexity index is 517. The monoisotopic (exact) mass is 273 g/mol. The van der Waals surface area contributed by atoms with Crippen molar-refractivity contribution in [3.05, 3.63) is 36.7 Å². The van der Waals surface area contributed by atoms with Gasteiger partial charge in [0.2, 0.25) is 0 Å². The molecule has 0 atom stereocenters. The Kier molecular flexibility index (Phi) is 5.18. The fourth-order valence-electron chi connectivity index (χ4n) is 1.97. The van der Waals surface area contributed by atoms with Gasteiger partial charge in [0.15, 0.2) is 0 Å². The van der Waals surface area contributed by atoms with E-state index >= 15 is 0 Å². The highest BCUT2D eigenvalue weighted by Gasteiger charge is 2.05. The zero-order valence-corrected chi connectivity index (χ0v) is 12.2. The van der Waals surface area contributed by atoms with Crippen molar-refractivity contribution in [2.75, 3.05) is 18.9 Å². The van der Waals surface area contributed by atoms with E-state index in [-0.39, 0.29) is 0 Å². The first-order valence-electron chi connectivity index (χ1n) is 7.11. The largest absolute Gasteiger partial charge is 0.399 e. The smallest absolute Gasteiger partial charge is 0.139 e. The van der Waals surface area contributed by atoms with E-state index < -0.39 is 0 Å². The second-order valence-corrected chi connectivity index (χ2v) is 5.36. The average molecular weight is 273 g/mol. The van der Waals surface area contributed by atoms with E-state index in [1.54, 1.807) is 0 Å². The van der Waals surface area contributed by atoms with Crippen LogP contribution in [0.2, 0.25) is 0 Å². The maximum absolute atomic E-state index is 5.71. The molecule has 0 saturated heterocycles. The number of ether oxygens (including phenoxy) is 1. The van der Waals surface area contributed by atoms with Gasteiger partial charge >= 0.3 is 0 Å². The lowest BCUT2D eigenvalue weighted by Crippen LogP contribution is -2.08. The molecule has 0 spiro atoms. The lowest BCUT2D eigenvalue weighted by molar-refractivity contribution is 0.116. The predicted octanol–water partition coefficient (Wildman–Crippen LogP) is 3.20. The molecule has 4 nitrogen and oxygen atoms in total. The molecule has 1 aromatic heterocycles. The zero-order chi connectivity index (χ0) is 14.4. The summed E-state index contributed by atoms with van der Waals surface area (Å²) >= 11 is 0. The summed E-state index contributed by atoms with van der Waals surface area (Å²) in [5, 5.41) is 0. The van der Waals surface area contributed by atoms with Gasteiger partial charge in [0.05, 0.1) is 6.61 Å². The third kappa shape index (κ3) is 4.10. The number of hydrogen-bond donors (Lipinski definition) is 1. The van der Waals surface area contributed by atoms with Gasteiger partial charge in [0.1, 0.15) is 5.82 Å². The van der Waals surface area contributed by atoms with Crippen molar-refractivity contribution in [1.82, 2.24) is 9.55 Å². The minimum atomic E-state index is 0.689. The highest BCUT2D eigenvalue weighted by atomic mass is 16.5. The molecule has 2 N–H and O–H groups in total. The van der Waals surface area contributed by atoms with Gasteiger partial charge in [-0.05, 0) is 36.6 Å². The second-order valence-electron chi connectivity index (χ2n) is 5.36. The Morgan fingerprint density at radius 1 is 1.20 bits per heavy atom. The molecule has 1 heterocycles. The van der Waals surface area contributed by atoms with Crippen molar-refractivity contribution in [3.8, 4) is 11.4 Å². The minimum absolute atomic E-state index is 0.689. The van der Waals surface area contributed by atoms with Crippen LogP contribution >= 0.6 is 0 Å². The summed E-state index contributed by atoms with van der Waals surface area (Å²) in [5.41, 5.74) is 7.55. The molecule has 4 heteroatoms. The summed E-state index contributed by atoms with van der Waals surface area (Å²) < 4.78 is 7.77. The molecule has 0 aliphatic heterocycles. The quantitative estimate of drug-likeness (QED) is 0.622. The Labute approximate surface area is 120 Å². The molecule has 0 bridgehead atoms. The summed E-state index contributed by atoms with van der Waals surface area (Å²) in [7, 11) is 0. The number of anilines is 1. The predicted molar refractivity (Wildman–Crippen MR) is 82.3 cm³/mol. The Balaban J connectivity index is 1.90. The lowest BCUT2D eigenvalue weighted by Gasteiger charge is -2.10. The van der Waals surface area contributed by atoms with Crippen LogP contribution in [0.5, 0.6) is 0 Å². The third-order valence-corrected chi connectivity index (χ3v) is 3.20. The summed E-state index contributed by atoms with van der Waals surface area (Å²) in [5.74, 6) is 1.64. The first-order chi connectivity index (χ1) is 9.66. The Hall–Kier alpha value is -1.81. The molecule has 0 radical (unpaired) electrons. The number of rotatable bonds is 7. The molecule has 0 saturated carbocycles. The van der Waals surface area contributed by atoms with E-state index in [0.29, 0.717) is 12.5 Å². The van der Waals surface area contributed by atoms with Gasteiger partial charge < -0.3 is 15.0 Å². The van der Waals surface area contributed by atoms with E-state index in [2.05, 4.69) is 23.4 Å². The maximum atomic E-state index is 5.71. The lowest BCUT2D eigenvalue weighted by atomic mass is 10.1. The summed E-state index contributed by atoms with van der Waals surface area (Å²) in [6, 6.07) is 7.78. The van der Waals surface area contributed by atoms with Gasteiger partial charge in [0, 0.05) is 36.8 Å². The van der Waals surface area contributed by atoms with E-state index in [0.717, 1.165) is 36.6 Å². The van der Waals surface area contributed by atoms with Crippen molar-refractivity contribution in [2.45, 2.75) is 26.8 Å². The van der Waals surface area contributed by atoms with Crippen molar-refractivity contribution in [2.24, 2.45) is 5.92 Å². The van der Waals surface area contributed by atoms with E-state index in [4.69, 9.17) is 10.5 Å². The van der Waals surface area contributed by atoms with Crippen LogP contribution in [0.15, 0.2) is 36.7 Å². The van der Waals surface area contributed by atoms with Gasteiger partial charge in [-0.1, -0.05) is 13.8 Å². The van der Waals surface area contributed by atoms with Crippen LogP contribution in [0.4, 0.5) is 5.69 Å². The first kappa shape index (κ1) is 14.6. The normalized spacial score (nSPS) is 11.2. The number of nitrogens with two attached hydrogens (primary N) is 1. The molecule has 20 heavy (non-hydrogen) atoms. The van der Waals surface area contributed by atoms with Crippen LogP contribution in [0.1, 0.15) is 20.3 Å². The van der Waals surface area contributed by atoms with E-state index in [1.807, 2.05) is 36.7 Å². The van der Waals surface area contributed by atoms with Crippen molar-refractivity contribution in [3.63, 3.8) is 0 Å². The van der Waals surface area contributed by atoms with Gasteiger partial charge in [-0.3, -0.25) is 0 Å². The first-order valence-corrected chi connectivity index (χ1v) is 7.11. The van der Waals surface area contributed by atoms with Crippen LogP contribution in [0.25, 0.3) is 11.4 Å². The number of nitrogens with zero attached hydrogens (tertiary/aromatic N) is 2. The maximum Gasteiger partial charge on any atom is 0.139 e. The van der Waals surface area contributed by atoms with Gasteiger partial charge in [0.25, 0.3) is 0 Å². The second kappa shape index (κ2) is 7.10. The van der Waals surface area contributed by atoms with Crippen molar-refractivity contribution >= 4 is 5.69 Å². The fraction of sp³-hybridized carbons (Fsp3) is 0.438. The van der Waals surface area contributed by atoms with Gasteiger partial charge in [-0.2, -0.15) is 0 Å². The number of imidazole rings is 1. The van der Waals surface area contributed by atoms with Gasteiger partial charge in [-0.15, -0.1) is 0 Å². The van der Waals surface area contributed by atoms with E-state index in [1.165, 1.54) is 0 Å². The number of benzene rings is 1. The molecular formula is C16H23N3O. The summed E-state index contributed by atoms with van der Waals surface area (Å²) in [6.45, 7) is 6.77. The van der Waals surface area contributed by atoms with Gasteiger partial charge in [-0.25, -0.2) is 4.98 Å². The van der Waals surface area contributed by atoms with Crippen LogP contribution in [-0.4, -0.2) is 22.8 Å². The number of aromatic nitrogens is 2. The topological polar surface area (TPSA) is 53.1 Å². The van der Waals surface area contributed by atoms with Crippen molar-refractivity contribution in [1.29, 1.82) is 0 Å². The minimum Gasteiger partial charge on any atom is -0.399 e. The highest BCUT2D eigenvalue weighted by molar-refractivity contribution is 5.59. The molecule has 0 unspecified atom stereocenters. The van der Waals surface area contributed by atoms with Crippen LogP contribution in [0, 0.1) is 5.92 Å². The Morgan fingerprint density at radius 2 is 1.95 bits per heavy atom.